The molecule has 10 nitrogen and oxygen atoms in total. The Balaban J connectivity index is 0.000000205. The van der Waals surface area contributed by atoms with Gasteiger partial charge in [0.15, 0.2) is 23.0 Å². The topological polar surface area (TPSA) is 117 Å². The van der Waals surface area contributed by atoms with E-state index in [1.54, 1.807) is 32.5 Å². The molecule has 0 radical (unpaired) electrons. The summed E-state index contributed by atoms with van der Waals surface area (Å²) in [5.41, 5.74) is 9.96. The number of imidazole rings is 2. The van der Waals surface area contributed by atoms with E-state index in [2.05, 4.69) is 108 Å². The van der Waals surface area contributed by atoms with Crippen molar-refractivity contribution in [1.29, 1.82) is 0 Å². The van der Waals surface area contributed by atoms with Gasteiger partial charge in [0, 0.05) is 25.2 Å². The molecule has 2 aliphatic heterocycles. The van der Waals surface area contributed by atoms with Crippen molar-refractivity contribution in [2.75, 3.05) is 14.1 Å². The van der Waals surface area contributed by atoms with E-state index in [0.717, 1.165) is 93.0 Å². The number of aliphatic hydroxyl groups is 1. The van der Waals surface area contributed by atoms with E-state index in [1.165, 1.54) is 11.1 Å². The zero-order chi connectivity index (χ0) is 49.3. The van der Waals surface area contributed by atoms with Gasteiger partial charge in [-0.05, 0) is 161 Å². The Hall–Kier alpha value is -3.54. The molecule has 2 amide bonds. The number of hydrogen-bond acceptors (Lipinski definition) is 8. The second-order valence-electron chi connectivity index (χ2n) is 20.1. The van der Waals surface area contributed by atoms with Gasteiger partial charge in [-0.2, -0.15) is 0 Å². The molecule has 0 aliphatic carbocycles. The van der Waals surface area contributed by atoms with Crippen LogP contribution >= 0.6 is 69.9 Å². The second-order valence-corrected chi connectivity index (χ2v) is 28.4. The number of aliphatic hydroxyl groups excluding tert-OH is 1. The standard InChI is InChI=1S/C26H33N3O2S.C25H31N3O2S.BBr3/c1-16(2)12-18-14-21-17(13-19(18)15-30)9-10-20-23(25(31)28(6)26(3,4)5)27-24(29(20)21)22-8-7-11-32-22;1-15(2)12-17-13-19-16(14-20(17)29)9-10-18-22(24(30)27(6)25(3,4)5)26-23(28(18)19)21-8-7-11-31-21;2-1(3)4/h7-8,11,13-14,16,30H,9-10,12,15H2,1-6H3;7-8,11,13-15,29H,9-10,12H2,1-6H3;. The summed E-state index contributed by atoms with van der Waals surface area (Å²) in [6, 6.07) is 16.5. The highest BCUT2D eigenvalue weighted by Crippen LogP contribution is 2.40. The van der Waals surface area contributed by atoms with Crippen LogP contribution in [0.4, 0.5) is 0 Å². The maximum Gasteiger partial charge on any atom is 0.369 e. The van der Waals surface area contributed by atoms with Crippen molar-refractivity contribution in [3.8, 4) is 38.5 Å². The van der Waals surface area contributed by atoms with E-state index < -0.39 is 0 Å². The fraction of sp³-hybridized carbons (Fsp3) is 0.451. The zero-order valence-corrected chi connectivity index (χ0v) is 47.2. The van der Waals surface area contributed by atoms with Gasteiger partial charge in [0.05, 0.1) is 39.1 Å². The highest BCUT2D eigenvalue weighted by atomic mass is 79.9. The van der Waals surface area contributed by atoms with Crippen LogP contribution in [0.25, 0.3) is 32.8 Å². The van der Waals surface area contributed by atoms with Gasteiger partial charge in [-0.3, -0.25) is 18.7 Å². The van der Waals surface area contributed by atoms with Crippen LogP contribution in [0.15, 0.2) is 59.3 Å². The van der Waals surface area contributed by atoms with Crippen LogP contribution in [0.5, 0.6) is 5.75 Å². The molecule has 67 heavy (non-hydrogen) atoms. The minimum atomic E-state index is -0.292. The molecule has 8 rings (SSSR count). The van der Waals surface area contributed by atoms with Crippen molar-refractivity contribution in [2.45, 2.75) is 125 Å². The van der Waals surface area contributed by atoms with Gasteiger partial charge in [-0.1, -0.05) is 45.9 Å². The van der Waals surface area contributed by atoms with E-state index in [-0.39, 0.29) is 32.7 Å². The van der Waals surface area contributed by atoms with E-state index in [0.29, 0.717) is 35.4 Å². The van der Waals surface area contributed by atoms with Crippen molar-refractivity contribution in [1.82, 2.24) is 28.9 Å². The lowest BCUT2D eigenvalue weighted by Gasteiger charge is -2.32. The summed E-state index contributed by atoms with van der Waals surface area (Å²) in [7, 11) is 3.69. The SMILES string of the molecule is BrB(Br)Br.CC(C)Cc1cc2c(cc1CO)CCc1c(C(=O)N(C)C(C)(C)C)nc(-c3cccs3)n1-2.CC(C)Cc1cc2c(cc1O)CCc1c(C(=O)N(C)C(C)(C)C)nc(-c3cccs3)n1-2. The lowest BCUT2D eigenvalue weighted by atomic mass is 9.91. The van der Waals surface area contributed by atoms with Crippen LogP contribution < -0.4 is 0 Å². The monoisotopic (exact) mass is 1140 g/mol. The first-order chi connectivity index (χ1) is 31.4. The predicted octanol–water partition coefficient (Wildman–Crippen LogP) is 12.9. The van der Waals surface area contributed by atoms with Gasteiger partial charge in [0.2, 0.25) is 0 Å². The average molecular weight is 1140 g/mol. The van der Waals surface area contributed by atoms with E-state index >= 15 is 0 Å². The van der Waals surface area contributed by atoms with Gasteiger partial charge < -0.3 is 20.0 Å². The minimum absolute atomic E-state index is 0.0399. The van der Waals surface area contributed by atoms with Crippen molar-refractivity contribution in [2.24, 2.45) is 11.8 Å². The molecule has 0 spiro atoms. The first-order valence-electron chi connectivity index (χ1n) is 22.8. The van der Waals surface area contributed by atoms with Crippen LogP contribution in [0, 0.1) is 11.8 Å². The molecule has 6 heterocycles. The fourth-order valence-electron chi connectivity index (χ4n) is 8.39. The van der Waals surface area contributed by atoms with Gasteiger partial charge in [-0.25, -0.2) is 9.97 Å². The smallest absolute Gasteiger partial charge is 0.369 e. The van der Waals surface area contributed by atoms with Crippen LogP contribution in [0.3, 0.4) is 0 Å². The molecular formula is C51H64BBr3N6O4S2. The predicted molar refractivity (Wildman–Crippen MR) is 289 cm³/mol. The molecule has 0 saturated heterocycles. The van der Waals surface area contributed by atoms with Crippen molar-refractivity contribution >= 4 is 84.9 Å². The molecule has 0 unspecified atom stereocenters. The van der Waals surface area contributed by atoms with Gasteiger partial charge in [-0.15, -0.1) is 69.9 Å². The first-order valence-corrected chi connectivity index (χ1v) is 27.3. The molecule has 0 bridgehead atoms. The Kier molecular flexibility index (Phi) is 17.1. The summed E-state index contributed by atoms with van der Waals surface area (Å²) >= 11 is 12.6. The maximum atomic E-state index is 13.5. The third kappa shape index (κ3) is 11.9. The van der Waals surface area contributed by atoms with E-state index in [1.807, 2.05) is 90.7 Å². The van der Waals surface area contributed by atoms with Crippen LogP contribution in [-0.2, 0) is 45.1 Å². The molecule has 6 aromatic rings. The normalized spacial score (nSPS) is 12.9. The Morgan fingerprint density at radius 2 is 1.09 bits per heavy atom. The molecule has 2 N–H and O–H groups in total. The third-order valence-electron chi connectivity index (χ3n) is 12.3. The highest BCUT2D eigenvalue weighted by molar-refractivity contribution is 9.69. The molecule has 2 aromatic carbocycles. The number of carbonyl (C=O) groups is 2. The molecule has 2 aliphatic rings. The number of hydrogen-bond donors (Lipinski definition) is 2. The second kappa shape index (κ2) is 21.6. The van der Waals surface area contributed by atoms with Crippen LogP contribution in [0.1, 0.15) is 129 Å². The number of aromatic nitrogens is 4. The van der Waals surface area contributed by atoms with Gasteiger partial charge in [0.25, 0.3) is 11.8 Å². The summed E-state index contributed by atoms with van der Waals surface area (Å²) in [5, 5.41) is 24.6. The summed E-state index contributed by atoms with van der Waals surface area (Å²) in [5.74, 6) is 2.82. The van der Waals surface area contributed by atoms with E-state index in [9.17, 15) is 19.8 Å². The molecule has 0 saturated carbocycles. The number of benzene rings is 2. The molecule has 358 valence electrons. The lowest BCUT2D eigenvalue weighted by molar-refractivity contribution is 0.0640. The van der Waals surface area contributed by atoms with Crippen molar-refractivity contribution in [3.63, 3.8) is 0 Å². The highest BCUT2D eigenvalue weighted by Gasteiger charge is 2.35. The number of aryl methyl sites for hydroxylation is 2. The number of amides is 2. The number of rotatable bonds is 9. The first kappa shape index (κ1) is 52.8. The Labute approximate surface area is 430 Å². The summed E-state index contributed by atoms with van der Waals surface area (Å²) in [6.07, 6.45) is 4.78. The number of halogens is 3. The summed E-state index contributed by atoms with van der Waals surface area (Å²) < 4.78 is 4.62. The van der Waals surface area contributed by atoms with Crippen LogP contribution in [-0.4, -0.2) is 79.3 Å². The van der Waals surface area contributed by atoms with E-state index in [4.69, 9.17) is 9.97 Å². The number of fused-ring (bicyclic) bond motifs is 6. The summed E-state index contributed by atoms with van der Waals surface area (Å²) in [6.45, 7) is 20.9. The third-order valence-corrected chi connectivity index (χ3v) is 14.0. The Morgan fingerprint density at radius 3 is 1.46 bits per heavy atom. The molecule has 0 fully saturated rings. The Bertz CT molecular complexity index is 2690. The average Bonchev–Trinajstić information content (AvgIpc) is 4.08. The lowest BCUT2D eigenvalue weighted by Crippen LogP contribution is -2.43. The van der Waals surface area contributed by atoms with Crippen molar-refractivity contribution in [3.05, 3.63) is 110 Å². The number of nitrogens with zero attached hydrogens (tertiary/aromatic N) is 6. The largest absolute Gasteiger partial charge is 0.508 e. The molecule has 4 aromatic heterocycles. The van der Waals surface area contributed by atoms with Crippen LogP contribution in [0.2, 0.25) is 0 Å². The number of phenolic OH excluding ortho intramolecular Hbond substituents is 1. The van der Waals surface area contributed by atoms with Gasteiger partial charge >= 0.3 is 3.18 Å². The molecule has 0 atom stereocenters. The quantitative estimate of drug-likeness (QED) is 0.139. The number of carbonyl (C=O) groups excluding carboxylic acids is 2. The number of thiophene rings is 2. The fourth-order valence-corrected chi connectivity index (χ4v) is 9.80. The maximum absolute atomic E-state index is 13.5. The summed E-state index contributed by atoms with van der Waals surface area (Å²) in [4.78, 5) is 42.4. The van der Waals surface area contributed by atoms with Crippen molar-refractivity contribution < 1.29 is 19.8 Å². The van der Waals surface area contributed by atoms with Gasteiger partial charge in [0.1, 0.15) is 5.75 Å². The molecular weight excluding hydrogens is 1080 g/mol. The number of aromatic hydroxyl groups is 1. The molecule has 16 heteroatoms. The number of phenols is 1. The minimum Gasteiger partial charge on any atom is -0.508 e. The zero-order valence-electron chi connectivity index (χ0n) is 40.8. The Morgan fingerprint density at radius 1 is 0.687 bits per heavy atom.